The number of anilines is 2. The third-order valence-electron chi connectivity index (χ3n) is 2.52. The van der Waals surface area contributed by atoms with Crippen molar-refractivity contribution in [1.29, 1.82) is 0 Å². The first-order chi connectivity index (χ1) is 8.24. The molecule has 1 rings (SSSR count). The average molecular weight is 238 g/mol. The van der Waals surface area contributed by atoms with Crippen LogP contribution >= 0.6 is 0 Å². The van der Waals surface area contributed by atoms with Gasteiger partial charge in [0.05, 0.1) is 13.2 Å². The second kappa shape index (κ2) is 7.92. The molecule has 96 valence electrons. The van der Waals surface area contributed by atoms with Crippen LogP contribution in [0.2, 0.25) is 0 Å². The highest BCUT2D eigenvalue weighted by Crippen LogP contribution is 2.15. The van der Waals surface area contributed by atoms with Crippen molar-refractivity contribution in [3.05, 3.63) is 24.3 Å². The minimum atomic E-state index is 0.658. The summed E-state index contributed by atoms with van der Waals surface area (Å²) < 4.78 is 10.3. The van der Waals surface area contributed by atoms with E-state index in [0.29, 0.717) is 13.2 Å². The van der Waals surface area contributed by atoms with Crippen LogP contribution < -0.4 is 10.6 Å². The van der Waals surface area contributed by atoms with Gasteiger partial charge in [-0.25, -0.2) is 0 Å². The van der Waals surface area contributed by atoms with Crippen LogP contribution in [0.25, 0.3) is 0 Å². The third-order valence-corrected chi connectivity index (χ3v) is 2.52. The highest BCUT2D eigenvalue weighted by atomic mass is 16.5. The Labute approximate surface area is 103 Å². The number of nitrogens with zero attached hydrogens (tertiary/aromatic N) is 1. The largest absolute Gasteiger partial charge is 0.399 e. The van der Waals surface area contributed by atoms with Gasteiger partial charge in [0.2, 0.25) is 0 Å². The Kier molecular flexibility index (Phi) is 6.43. The molecule has 17 heavy (non-hydrogen) atoms. The second-order valence-electron chi connectivity index (χ2n) is 3.98. The lowest BCUT2D eigenvalue weighted by molar-refractivity contribution is 0.0701. The summed E-state index contributed by atoms with van der Waals surface area (Å²) in [4.78, 5) is 2.18. The Balaban J connectivity index is 2.19. The van der Waals surface area contributed by atoms with Crippen LogP contribution in [0.3, 0.4) is 0 Å². The summed E-state index contributed by atoms with van der Waals surface area (Å²) in [5, 5.41) is 0. The topological polar surface area (TPSA) is 47.7 Å². The molecule has 1 aromatic carbocycles. The maximum Gasteiger partial charge on any atom is 0.0700 e. The number of methoxy groups -OCH3 is 1. The van der Waals surface area contributed by atoms with Gasteiger partial charge in [-0.3, -0.25) is 0 Å². The Morgan fingerprint density at radius 2 is 2.06 bits per heavy atom. The molecule has 0 aliphatic carbocycles. The van der Waals surface area contributed by atoms with Gasteiger partial charge in [-0.15, -0.1) is 0 Å². The number of rotatable bonds is 8. The molecule has 0 atom stereocenters. The van der Waals surface area contributed by atoms with Gasteiger partial charge in [0.15, 0.2) is 0 Å². The molecule has 4 heteroatoms. The SMILES string of the molecule is COCCOCCCN(C)c1cccc(N)c1. The van der Waals surface area contributed by atoms with E-state index >= 15 is 0 Å². The van der Waals surface area contributed by atoms with E-state index in [-0.39, 0.29) is 0 Å². The highest BCUT2D eigenvalue weighted by molar-refractivity contribution is 5.55. The summed E-state index contributed by atoms with van der Waals surface area (Å²) in [5.74, 6) is 0. The fourth-order valence-electron chi connectivity index (χ4n) is 1.54. The minimum absolute atomic E-state index is 0.658. The van der Waals surface area contributed by atoms with E-state index in [1.54, 1.807) is 7.11 Å². The van der Waals surface area contributed by atoms with Crippen LogP contribution in [0.1, 0.15) is 6.42 Å². The fraction of sp³-hybridized carbons (Fsp3) is 0.538. The first-order valence-corrected chi connectivity index (χ1v) is 5.87. The Morgan fingerprint density at radius 3 is 2.76 bits per heavy atom. The van der Waals surface area contributed by atoms with E-state index in [4.69, 9.17) is 15.2 Å². The van der Waals surface area contributed by atoms with Crippen molar-refractivity contribution in [1.82, 2.24) is 0 Å². The van der Waals surface area contributed by atoms with Gasteiger partial charge in [-0.05, 0) is 24.6 Å². The first-order valence-electron chi connectivity index (χ1n) is 5.87. The standard InChI is InChI=1S/C13H22N2O2/c1-15(7-4-8-17-10-9-16-2)13-6-3-5-12(14)11-13/h3,5-6,11H,4,7-10,14H2,1-2H3. The summed E-state index contributed by atoms with van der Waals surface area (Å²) in [6.07, 6.45) is 0.995. The van der Waals surface area contributed by atoms with E-state index in [0.717, 1.165) is 30.9 Å². The van der Waals surface area contributed by atoms with Crippen LogP contribution in [0.15, 0.2) is 24.3 Å². The lowest BCUT2D eigenvalue weighted by Crippen LogP contribution is -2.20. The molecule has 0 fully saturated rings. The van der Waals surface area contributed by atoms with E-state index in [1.807, 2.05) is 18.2 Å². The molecule has 2 N–H and O–H groups in total. The second-order valence-corrected chi connectivity index (χ2v) is 3.98. The molecule has 0 aliphatic heterocycles. The molecule has 0 bridgehead atoms. The Morgan fingerprint density at radius 1 is 1.24 bits per heavy atom. The molecular formula is C13H22N2O2. The molecule has 0 amide bonds. The number of hydrogen-bond acceptors (Lipinski definition) is 4. The quantitative estimate of drug-likeness (QED) is 0.554. The monoisotopic (exact) mass is 238 g/mol. The van der Waals surface area contributed by atoms with Crippen LogP contribution in [-0.2, 0) is 9.47 Å². The number of nitrogen functional groups attached to an aromatic ring is 1. The number of nitrogens with two attached hydrogens (primary N) is 1. The molecule has 0 radical (unpaired) electrons. The molecule has 0 saturated carbocycles. The molecule has 0 unspecified atom stereocenters. The van der Waals surface area contributed by atoms with E-state index in [9.17, 15) is 0 Å². The Bertz CT molecular complexity index is 318. The lowest BCUT2D eigenvalue weighted by Gasteiger charge is -2.19. The van der Waals surface area contributed by atoms with Crippen molar-refractivity contribution in [3.8, 4) is 0 Å². The van der Waals surface area contributed by atoms with Gasteiger partial charge >= 0.3 is 0 Å². The predicted octanol–water partition coefficient (Wildman–Crippen LogP) is 1.76. The summed E-state index contributed by atoms with van der Waals surface area (Å²) in [6, 6.07) is 7.90. The number of benzene rings is 1. The first kappa shape index (κ1) is 13.8. The van der Waals surface area contributed by atoms with Crippen LogP contribution in [0.4, 0.5) is 11.4 Å². The fourth-order valence-corrected chi connectivity index (χ4v) is 1.54. The smallest absolute Gasteiger partial charge is 0.0700 e. The van der Waals surface area contributed by atoms with E-state index in [1.165, 1.54) is 0 Å². The zero-order chi connectivity index (χ0) is 12.5. The van der Waals surface area contributed by atoms with Crippen LogP contribution in [0, 0.1) is 0 Å². The highest BCUT2D eigenvalue weighted by Gasteiger charge is 2.00. The summed E-state index contributed by atoms with van der Waals surface area (Å²) in [6.45, 7) is 3.04. The molecular weight excluding hydrogens is 216 g/mol. The Hall–Kier alpha value is -1.26. The zero-order valence-corrected chi connectivity index (χ0v) is 10.7. The van der Waals surface area contributed by atoms with Crippen LogP contribution in [0.5, 0.6) is 0 Å². The maximum atomic E-state index is 5.74. The van der Waals surface area contributed by atoms with Crippen molar-refractivity contribution < 1.29 is 9.47 Å². The normalized spacial score (nSPS) is 10.5. The number of ether oxygens (including phenoxy) is 2. The molecule has 4 nitrogen and oxygen atoms in total. The molecule has 0 spiro atoms. The van der Waals surface area contributed by atoms with E-state index < -0.39 is 0 Å². The molecule has 0 saturated heterocycles. The van der Waals surface area contributed by atoms with Gasteiger partial charge in [0.1, 0.15) is 0 Å². The summed E-state index contributed by atoms with van der Waals surface area (Å²) >= 11 is 0. The average Bonchev–Trinajstić information content (AvgIpc) is 2.33. The van der Waals surface area contributed by atoms with Gasteiger partial charge < -0.3 is 20.1 Å². The van der Waals surface area contributed by atoms with Crippen molar-refractivity contribution in [3.63, 3.8) is 0 Å². The van der Waals surface area contributed by atoms with Crippen molar-refractivity contribution in [2.24, 2.45) is 0 Å². The summed E-state index contributed by atoms with van der Waals surface area (Å²) in [7, 11) is 3.74. The van der Waals surface area contributed by atoms with Crippen molar-refractivity contribution >= 4 is 11.4 Å². The lowest BCUT2D eigenvalue weighted by atomic mass is 10.2. The minimum Gasteiger partial charge on any atom is -0.399 e. The van der Waals surface area contributed by atoms with E-state index in [2.05, 4.69) is 18.0 Å². The van der Waals surface area contributed by atoms with Gasteiger partial charge in [-0.1, -0.05) is 6.07 Å². The van der Waals surface area contributed by atoms with Gasteiger partial charge in [0.25, 0.3) is 0 Å². The van der Waals surface area contributed by atoms with Crippen molar-refractivity contribution in [2.75, 3.05) is 51.2 Å². The molecule has 1 aromatic rings. The van der Waals surface area contributed by atoms with Gasteiger partial charge in [0, 0.05) is 38.7 Å². The molecule has 0 aromatic heterocycles. The zero-order valence-electron chi connectivity index (χ0n) is 10.7. The maximum absolute atomic E-state index is 5.74. The molecule has 0 aliphatic rings. The third kappa shape index (κ3) is 5.56. The number of hydrogen-bond donors (Lipinski definition) is 1. The summed E-state index contributed by atoms with van der Waals surface area (Å²) in [5.41, 5.74) is 7.68. The predicted molar refractivity (Wildman–Crippen MR) is 71.4 cm³/mol. The van der Waals surface area contributed by atoms with Crippen LogP contribution in [-0.4, -0.2) is 40.5 Å². The van der Waals surface area contributed by atoms with Crippen molar-refractivity contribution in [2.45, 2.75) is 6.42 Å². The van der Waals surface area contributed by atoms with Gasteiger partial charge in [-0.2, -0.15) is 0 Å². The molecule has 0 heterocycles.